The maximum Gasteiger partial charge on any atom is 0.268 e. The molecule has 0 bridgehead atoms. The van der Waals surface area contributed by atoms with E-state index in [0.29, 0.717) is 30.4 Å². The highest BCUT2D eigenvalue weighted by molar-refractivity contribution is 14.1. The van der Waals surface area contributed by atoms with Gasteiger partial charge in [-0.2, -0.15) is 5.10 Å². The molecule has 10 heteroatoms. The summed E-state index contributed by atoms with van der Waals surface area (Å²) in [7, 11) is -3.79. The molecule has 2 fully saturated rings. The van der Waals surface area contributed by atoms with Crippen LogP contribution >= 0.6 is 22.6 Å². The van der Waals surface area contributed by atoms with Gasteiger partial charge in [-0.25, -0.2) is 22.8 Å². The number of rotatable bonds is 5. The van der Waals surface area contributed by atoms with Crippen molar-refractivity contribution in [1.82, 2.24) is 19.5 Å². The number of hydrogen-bond acceptors (Lipinski definition) is 6. The Morgan fingerprint density at radius 3 is 2.31 bits per heavy atom. The normalized spacial score (nSPS) is 21.8. The molecule has 0 radical (unpaired) electrons. The van der Waals surface area contributed by atoms with Crippen molar-refractivity contribution < 1.29 is 13.2 Å². The van der Waals surface area contributed by atoms with E-state index in [1.807, 2.05) is 12.3 Å². The number of nitrogens with one attached hydrogen (secondary N) is 1. The van der Waals surface area contributed by atoms with Gasteiger partial charge in [0.2, 0.25) is 10.0 Å². The zero-order valence-electron chi connectivity index (χ0n) is 20.8. The number of pyridine rings is 1. The van der Waals surface area contributed by atoms with E-state index in [0.717, 1.165) is 55.2 Å². The number of halogens is 1. The van der Waals surface area contributed by atoms with Gasteiger partial charge in [-0.05, 0) is 79.8 Å². The molecule has 1 atom stereocenters. The van der Waals surface area contributed by atoms with Crippen molar-refractivity contribution >= 4 is 44.3 Å². The number of nitrogens with zero attached hydrogens (tertiary/aromatic N) is 4. The van der Waals surface area contributed by atoms with E-state index in [2.05, 4.69) is 58.1 Å². The summed E-state index contributed by atoms with van der Waals surface area (Å²) in [5.74, 6) is 0.919. The predicted octanol–water partition coefficient (Wildman–Crippen LogP) is 5.06. The van der Waals surface area contributed by atoms with Crippen LogP contribution in [0.3, 0.4) is 0 Å². The van der Waals surface area contributed by atoms with Crippen LogP contribution in [-0.4, -0.2) is 46.4 Å². The van der Waals surface area contributed by atoms with Gasteiger partial charge in [-0.1, -0.05) is 45.4 Å². The Kier molecular flexibility index (Phi) is 8.09. The Morgan fingerprint density at radius 1 is 1.09 bits per heavy atom. The highest BCUT2D eigenvalue weighted by Gasteiger charge is 2.39. The average Bonchev–Trinajstić information content (AvgIpc) is 3.37. The topological polar surface area (TPSA) is 97.2 Å². The van der Waals surface area contributed by atoms with Gasteiger partial charge in [0.05, 0.1) is 10.8 Å². The number of carbonyl (C=O) groups is 1. The van der Waals surface area contributed by atoms with E-state index < -0.39 is 21.2 Å². The lowest BCUT2D eigenvalue weighted by atomic mass is 9.97. The zero-order valence-corrected chi connectivity index (χ0v) is 23.8. The first kappa shape index (κ1) is 26.4. The third-order valence-corrected chi connectivity index (χ3v) is 9.60. The van der Waals surface area contributed by atoms with Crippen LogP contribution < -0.4 is 9.62 Å². The fraction of sp³-hybridized carbons (Fsp3) is 0.640. The number of sulfonamides is 1. The Morgan fingerprint density at radius 2 is 1.74 bits per heavy atom. The second-order valence-corrected chi connectivity index (χ2v) is 13.7. The van der Waals surface area contributed by atoms with Gasteiger partial charge < -0.3 is 4.90 Å². The maximum absolute atomic E-state index is 13.5. The minimum atomic E-state index is -3.79. The lowest BCUT2D eigenvalue weighted by Crippen LogP contribution is -2.42. The van der Waals surface area contributed by atoms with Gasteiger partial charge in [0.1, 0.15) is 9.52 Å². The third-order valence-electron chi connectivity index (χ3n) is 7.20. The fourth-order valence-corrected chi connectivity index (χ4v) is 7.39. The summed E-state index contributed by atoms with van der Waals surface area (Å²) in [5, 5.41) is 3.91. The molecule has 1 saturated heterocycles. The molecule has 2 aromatic heterocycles. The minimum absolute atomic E-state index is 0.213. The van der Waals surface area contributed by atoms with Crippen LogP contribution in [0, 0.1) is 9.62 Å². The van der Waals surface area contributed by atoms with E-state index >= 15 is 0 Å². The molecule has 1 saturated carbocycles. The van der Waals surface area contributed by atoms with Crippen LogP contribution in [-0.2, 0) is 10.0 Å². The Labute approximate surface area is 222 Å². The first-order valence-corrected chi connectivity index (χ1v) is 15.3. The van der Waals surface area contributed by atoms with Crippen molar-refractivity contribution in [2.75, 3.05) is 11.4 Å². The van der Waals surface area contributed by atoms with Crippen LogP contribution in [0.1, 0.15) is 88.9 Å². The van der Waals surface area contributed by atoms with Crippen molar-refractivity contribution in [2.45, 2.75) is 89.3 Å². The lowest BCUT2D eigenvalue weighted by molar-refractivity contribution is 0.0981. The molecule has 0 aromatic carbocycles. The predicted molar refractivity (Wildman–Crippen MR) is 146 cm³/mol. The highest BCUT2D eigenvalue weighted by atomic mass is 127. The number of hydrogen-bond donors (Lipinski definition) is 1. The van der Waals surface area contributed by atoms with Gasteiger partial charge in [-0.3, -0.25) is 4.79 Å². The van der Waals surface area contributed by atoms with E-state index in [4.69, 9.17) is 4.98 Å². The molecular weight excluding hydrogens is 577 g/mol. The van der Waals surface area contributed by atoms with E-state index in [-0.39, 0.29) is 11.1 Å². The highest BCUT2D eigenvalue weighted by Crippen LogP contribution is 2.37. The maximum atomic E-state index is 13.5. The second kappa shape index (κ2) is 10.7. The van der Waals surface area contributed by atoms with Crippen molar-refractivity contribution in [3.05, 3.63) is 33.7 Å². The molecule has 35 heavy (non-hydrogen) atoms. The fourth-order valence-electron chi connectivity index (χ4n) is 5.51. The molecule has 3 heterocycles. The van der Waals surface area contributed by atoms with Gasteiger partial charge in [0.25, 0.3) is 5.91 Å². The summed E-state index contributed by atoms with van der Waals surface area (Å²) in [4.78, 5) is 20.4. The zero-order chi connectivity index (χ0) is 25.2. The second-order valence-electron chi connectivity index (χ2n) is 10.7. The summed E-state index contributed by atoms with van der Waals surface area (Å²) in [5.41, 5.74) is 0.0688. The molecule has 1 amide bonds. The third kappa shape index (κ3) is 6.18. The molecule has 192 valence electrons. The van der Waals surface area contributed by atoms with E-state index in [1.165, 1.54) is 0 Å². The Hall–Kier alpha value is -1.69. The van der Waals surface area contributed by atoms with Gasteiger partial charge in [0, 0.05) is 18.3 Å². The quantitative estimate of drug-likeness (QED) is 0.474. The van der Waals surface area contributed by atoms with Crippen molar-refractivity contribution in [2.24, 2.45) is 5.92 Å². The summed E-state index contributed by atoms with van der Waals surface area (Å²) < 4.78 is 31.5. The number of carbonyl (C=O) groups excluding carboxylic acids is 1. The van der Waals surface area contributed by atoms with Crippen LogP contribution in [0.25, 0.3) is 5.82 Å². The summed E-state index contributed by atoms with van der Waals surface area (Å²) in [6, 6.07) is 5.29. The monoisotopic (exact) mass is 613 g/mol. The molecule has 1 aliphatic heterocycles. The first-order chi connectivity index (χ1) is 16.6. The summed E-state index contributed by atoms with van der Waals surface area (Å²) in [6.45, 7) is 7.20. The van der Waals surface area contributed by atoms with Crippen molar-refractivity contribution in [3.8, 4) is 5.82 Å². The standard InChI is InChI=1S/C25H36IN5O3S/c1-18-16-25(2,3)30(17-18)23-20(12-13-22(27-23)31-15-14-21(26)28-31)24(32)29-35(33,34)19-10-8-6-4-5-7-9-11-19/h12-15,18-19H,4-11,16-17H2,1-3H3,(H,29,32)/t18-/m0/s1. The molecule has 0 spiro atoms. The number of anilines is 1. The van der Waals surface area contributed by atoms with E-state index in [9.17, 15) is 13.2 Å². The summed E-state index contributed by atoms with van der Waals surface area (Å²) >= 11 is 2.14. The molecule has 1 aliphatic carbocycles. The van der Waals surface area contributed by atoms with Crippen LogP contribution in [0.5, 0.6) is 0 Å². The van der Waals surface area contributed by atoms with Gasteiger partial charge in [0.15, 0.2) is 5.82 Å². The molecular formula is C25H36IN5O3S. The number of amides is 1. The summed E-state index contributed by atoms with van der Waals surface area (Å²) in [6.07, 6.45) is 10.1. The number of aromatic nitrogens is 3. The molecule has 1 N–H and O–H groups in total. The smallest absolute Gasteiger partial charge is 0.268 e. The van der Waals surface area contributed by atoms with Crippen molar-refractivity contribution in [1.29, 1.82) is 0 Å². The molecule has 2 aromatic rings. The largest absolute Gasteiger partial charge is 0.350 e. The molecule has 8 nitrogen and oxygen atoms in total. The SMILES string of the molecule is C[C@@H]1CN(c2nc(-n3ccc(I)n3)ccc2C(=O)NS(=O)(=O)C2CCCCCCCC2)C(C)(C)C1. The molecule has 2 aliphatic rings. The van der Waals surface area contributed by atoms with Crippen LogP contribution in [0.2, 0.25) is 0 Å². The molecule has 0 unspecified atom stereocenters. The first-order valence-electron chi connectivity index (χ1n) is 12.6. The average molecular weight is 614 g/mol. The van der Waals surface area contributed by atoms with Crippen molar-refractivity contribution in [3.63, 3.8) is 0 Å². The Bertz CT molecular complexity index is 1150. The van der Waals surface area contributed by atoms with Gasteiger partial charge in [-0.15, -0.1) is 0 Å². The van der Waals surface area contributed by atoms with Gasteiger partial charge >= 0.3 is 0 Å². The van der Waals surface area contributed by atoms with Crippen LogP contribution in [0.4, 0.5) is 5.82 Å². The lowest BCUT2D eigenvalue weighted by Gasteiger charge is -2.34. The molecule has 4 rings (SSSR count). The Balaban J connectivity index is 1.66. The van der Waals surface area contributed by atoms with E-state index in [1.54, 1.807) is 16.8 Å². The minimum Gasteiger partial charge on any atom is -0.350 e. The van der Waals surface area contributed by atoms with Crippen LogP contribution in [0.15, 0.2) is 24.4 Å².